The summed E-state index contributed by atoms with van der Waals surface area (Å²) in [6.07, 6.45) is 6.12. The number of pyridine rings is 1. The van der Waals surface area contributed by atoms with Gasteiger partial charge in [-0.3, -0.25) is 4.98 Å². The van der Waals surface area contributed by atoms with Gasteiger partial charge in [-0.2, -0.15) is 0 Å². The van der Waals surface area contributed by atoms with Crippen LogP contribution in [0, 0.1) is 0 Å². The van der Waals surface area contributed by atoms with Crippen LogP contribution in [0.1, 0.15) is 44.1 Å². The van der Waals surface area contributed by atoms with E-state index in [2.05, 4.69) is 59.0 Å². The second kappa shape index (κ2) is 7.93. The molecule has 5 nitrogen and oxygen atoms in total. The Balaban J connectivity index is 1.82. The zero-order chi connectivity index (χ0) is 21.5. The number of nitrogens with zero attached hydrogens (tertiary/aromatic N) is 3. The quantitative estimate of drug-likeness (QED) is 0.544. The van der Waals surface area contributed by atoms with E-state index in [1.54, 1.807) is 7.11 Å². The van der Waals surface area contributed by atoms with Crippen LogP contribution in [-0.4, -0.2) is 21.8 Å². The highest BCUT2D eigenvalue weighted by atomic mass is 35.5. The zero-order valence-corrected chi connectivity index (χ0v) is 19.0. The molecule has 3 heterocycles. The topological polar surface area (TPSA) is 42.3 Å². The lowest BCUT2D eigenvalue weighted by molar-refractivity contribution is 0.397. The number of halogens is 1. The van der Waals surface area contributed by atoms with Gasteiger partial charge in [-0.1, -0.05) is 17.7 Å². The van der Waals surface area contributed by atoms with Crippen molar-refractivity contribution in [2.45, 2.75) is 38.4 Å². The zero-order valence-electron chi connectivity index (χ0n) is 17.5. The maximum Gasteiger partial charge on any atom is 0.174 e. The third-order valence-electron chi connectivity index (χ3n) is 5.34. The summed E-state index contributed by atoms with van der Waals surface area (Å²) in [4.78, 5) is 6.71. The average Bonchev–Trinajstić information content (AvgIpc) is 3.33. The van der Waals surface area contributed by atoms with Crippen molar-refractivity contribution in [2.75, 3.05) is 12.0 Å². The van der Waals surface area contributed by atoms with E-state index in [4.69, 9.17) is 28.6 Å². The van der Waals surface area contributed by atoms with Gasteiger partial charge in [0, 0.05) is 29.8 Å². The van der Waals surface area contributed by atoms with Gasteiger partial charge in [0.25, 0.3) is 0 Å². The monoisotopic (exact) mass is 440 g/mol. The summed E-state index contributed by atoms with van der Waals surface area (Å²) < 4.78 is 7.54. The molecule has 0 radical (unpaired) electrons. The van der Waals surface area contributed by atoms with Crippen molar-refractivity contribution in [3.8, 4) is 5.75 Å². The molecule has 1 N–H and O–H groups in total. The lowest BCUT2D eigenvalue weighted by Crippen LogP contribution is -2.29. The fourth-order valence-corrected chi connectivity index (χ4v) is 4.38. The van der Waals surface area contributed by atoms with Crippen LogP contribution in [-0.2, 0) is 5.54 Å². The predicted octanol–water partition coefficient (Wildman–Crippen LogP) is 5.48. The van der Waals surface area contributed by atoms with E-state index in [1.165, 1.54) is 0 Å². The number of rotatable bonds is 4. The Hall–Kier alpha value is -2.57. The van der Waals surface area contributed by atoms with E-state index in [9.17, 15) is 0 Å². The molecule has 156 valence electrons. The van der Waals surface area contributed by atoms with Crippen molar-refractivity contribution in [2.24, 2.45) is 0 Å². The van der Waals surface area contributed by atoms with E-state index in [0.717, 1.165) is 16.9 Å². The summed E-state index contributed by atoms with van der Waals surface area (Å²) in [5.74, 6) is 0.634. The smallest absolute Gasteiger partial charge is 0.174 e. The molecule has 1 saturated heterocycles. The highest BCUT2D eigenvalue weighted by Gasteiger charge is 2.41. The molecule has 2 aromatic heterocycles. The van der Waals surface area contributed by atoms with Gasteiger partial charge in [0.15, 0.2) is 5.11 Å². The molecule has 4 rings (SSSR count). The van der Waals surface area contributed by atoms with Crippen molar-refractivity contribution in [1.82, 2.24) is 14.9 Å². The van der Waals surface area contributed by atoms with Crippen LogP contribution >= 0.6 is 23.8 Å². The van der Waals surface area contributed by atoms with Crippen molar-refractivity contribution in [3.05, 3.63) is 77.3 Å². The molecule has 2 atom stereocenters. The summed E-state index contributed by atoms with van der Waals surface area (Å²) >= 11 is 12.2. The van der Waals surface area contributed by atoms with Crippen molar-refractivity contribution in [1.29, 1.82) is 0 Å². The summed E-state index contributed by atoms with van der Waals surface area (Å²) in [5.41, 5.74) is 2.99. The minimum Gasteiger partial charge on any atom is -0.495 e. The molecule has 3 aromatic rings. The molecule has 0 bridgehead atoms. The molecule has 7 heteroatoms. The molecule has 0 saturated carbocycles. The van der Waals surface area contributed by atoms with Gasteiger partial charge in [-0.25, -0.2) is 0 Å². The highest BCUT2D eigenvalue weighted by molar-refractivity contribution is 7.80. The van der Waals surface area contributed by atoms with Gasteiger partial charge in [0.05, 0.1) is 29.9 Å². The van der Waals surface area contributed by atoms with Crippen LogP contribution in [0.3, 0.4) is 0 Å². The van der Waals surface area contributed by atoms with E-state index in [1.807, 2.05) is 42.6 Å². The molecular weight excluding hydrogens is 416 g/mol. The maximum atomic E-state index is 6.43. The standard InChI is InChI=1S/C23H25ClN4OS/c1-23(2,3)27-12-10-15(14-27)21-20(18-7-5-6-11-25-18)26-22(30)28(21)16-8-9-19(29-4)17(24)13-16/h5-14,20-21H,1-4H3,(H,26,30)/t20-,21-/m0/s1. The van der Waals surface area contributed by atoms with E-state index >= 15 is 0 Å². The second-order valence-electron chi connectivity index (χ2n) is 8.34. The third kappa shape index (κ3) is 3.77. The first kappa shape index (κ1) is 20.7. The lowest BCUT2D eigenvalue weighted by Gasteiger charge is -2.28. The average molecular weight is 441 g/mol. The van der Waals surface area contributed by atoms with Crippen LogP contribution in [0.15, 0.2) is 61.1 Å². The number of benzene rings is 1. The van der Waals surface area contributed by atoms with Gasteiger partial charge >= 0.3 is 0 Å². The number of hydrogen-bond acceptors (Lipinski definition) is 3. The Labute approximate surface area is 187 Å². The summed E-state index contributed by atoms with van der Waals surface area (Å²) in [6, 6.07) is 13.7. The maximum absolute atomic E-state index is 6.43. The summed E-state index contributed by atoms with van der Waals surface area (Å²) in [7, 11) is 1.61. The summed E-state index contributed by atoms with van der Waals surface area (Å²) in [5, 5.41) is 4.66. The van der Waals surface area contributed by atoms with Gasteiger partial charge in [0.1, 0.15) is 5.75 Å². The first-order chi connectivity index (χ1) is 14.3. The Bertz CT molecular complexity index is 1060. The number of methoxy groups -OCH3 is 1. The first-order valence-electron chi connectivity index (χ1n) is 9.82. The van der Waals surface area contributed by atoms with Crippen LogP contribution in [0.5, 0.6) is 5.75 Å². The SMILES string of the molecule is COc1ccc(N2C(=S)N[C@@H](c3ccccn3)[C@@H]2c2ccn(C(C)(C)C)c2)cc1Cl. The molecule has 1 fully saturated rings. The molecule has 0 spiro atoms. The largest absolute Gasteiger partial charge is 0.495 e. The van der Waals surface area contributed by atoms with Crippen molar-refractivity contribution in [3.63, 3.8) is 0 Å². The molecule has 1 aliphatic rings. The normalized spacial score (nSPS) is 19.1. The van der Waals surface area contributed by atoms with Crippen LogP contribution in [0.25, 0.3) is 0 Å². The number of ether oxygens (including phenoxy) is 1. The van der Waals surface area contributed by atoms with E-state index in [0.29, 0.717) is 15.9 Å². The molecule has 1 aromatic carbocycles. The lowest BCUT2D eigenvalue weighted by atomic mass is 9.98. The van der Waals surface area contributed by atoms with Crippen LogP contribution in [0.4, 0.5) is 5.69 Å². The van der Waals surface area contributed by atoms with Gasteiger partial charge < -0.3 is 19.5 Å². The van der Waals surface area contributed by atoms with Crippen LogP contribution < -0.4 is 15.0 Å². The number of thiocarbonyl (C=S) groups is 1. The highest BCUT2D eigenvalue weighted by Crippen LogP contribution is 2.43. The fraction of sp³-hybridized carbons (Fsp3) is 0.304. The Morgan fingerprint density at radius 3 is 2.57 bits per heavy atom. The van der Waals surface area contributed by atoms with Gasteiger partial charge in [0.2, 0.25) is 0 Å². The van der Waals surface area contributed by atoms with Crippen molar-refractivity contribution >= 4 is 34.6 Å². The van der Waals surface area contributed by atoms with E-state index in [-0.39, 0.29) is 17.6 Å². The molecule has 0 unspecified atom stereocenters. The third-order valence-corrected chi connectivity index (χ3v) is 5.95. The van der Waals surface area contributed by atoms with Gasteiger partial charge in [-0.05, 0) is 75.0 Å². The Morgan fingerprint density at radius 2 is 1.97 bits per heavy atom. The minimum atomic E-state index is -0.0876. The first-order valence-corrected chi connectivity index (χ1v) is 10.6. The molecule has 30 heavy (non-hydrogen) atoms. The second-order valence-corrected chi connectivity index (χ2v) is 9.13. The molecular formula is C23H25ClN4OS. The fourth-order valence-electron chi connectivity index (χ4n) is 3.78. The summed E-state index contributed by atoms with van der Waals surface area (Å²) in [6.45, 7) is 6.56. The molecule has 0 aliphatic carbocycles. The number of nitrogens with one attached hydrogen (secondary N) is 1. The van der Waals surface area contributed by atoms with Crippen molar-refractivity contribution < 1.29 is 4.74 Å². The Kier molecular flexibility index (Phi) is 5.47. The number of hydrogen-bond donors (Lipinski definition) is 1. The van der Waals surface area contributed by atoms with E-state index < -0.39 is 0 Å². The molecule has 1 aliphatic heterocycles. The number of anilines is 1. The van der Waals surface area contributed by atoms with Gasteiger partial charge in [-0.15, -0.1) is 0 Å². The predicted molar refractivity (Wildman–Crippen MR) is 125 cm³/mol. The Morgan fingerprint density at radius 1 is 1.17 bits per heavy atom. The van der Waals surface area contributed by atoms with Crippen LogP contribution in [0.2, 0.25) is 5.02 Å². The number of aromatic nitrogens is 2. The molecule has 0 amide bonds. The minimum absolute atomic E-state index is 0.0143.